The van der Waals surface area contributed by atoms with Crippen LogP contribution in [0.3, 0.4) is 0 Å². The largest absolute Gasteiger partial charge is 0.316 e. The van der Waals surface area contributed by atoms with Gasteiger partial charge in [0.2, 0.25) is 0 Å². The van der Waals surface area contributed by atoms with Crippen LogP contribution in [0.2, 0.25) is 0 Å². The van der Waals surface area contributed by atoms with E-state index in [4.69, 9.17) is 0 Å². The second-order valence-corrected chi connectivity index (χ2v) is 5.90. The Morgan fingerprint density at radius 1 is 1.10 bits per heavy atom. The molecular weight excluding hydrogens is 258 g/mol. The maximum atomic E-state index is 12.3. The Hall–Kier alpha value is -1.93. The van der Waals surface area contributed by atoms with E-state index in [0.29, 0.717) is 12.3 Å². The van der Waals surface area contributed by atoms with E-state index in [1.54, 1.807) is 0 Å². The van der Waals surface area contributed by atoms with Crippen molar-refractivity contribution in [3.8, 4) is 0 Å². The molecule has 1 saturated heterocycles. The zero-order valence-electron chi connectivity index (χ0n) is 12.4. The van der Waals surface area contributed by atoms with E-state index < -0.39 is 0 Å². The molecule has 1 aliphatic rings. The third-order valence-electron chi connectivity index (χ3n) is 4.25. The number of rotatable bonds is 4. The second kappa shape index (κ2) is 6.23. The molecule has 1 heterocycles. The van der Waals surface area contributed by atoms with Crippen LogP contribution >= 0.6 is 0 Å². The molecule has 1 atom stereocenters. The molecule has 2 heteroatoms. The van der Waals surface area contributed by atoms with Crippen LogP contribution in [0.4, 0.5) is 0 Å². The summed E-state index contributed by atoms with van der Waals surface area (Å²) in [6.07, 6.45) is 1.69. The Morgan fingerprint density at radius 3 is 2.43 bits per heavy atom. The quantitative estimate of drug-likeness (QED) is 0.868. The zero-order valence-corrected chi connectivity index (χ0v) is 12.4. The van der Waals surface area contributed by atoms with Crippen molar-refractivity contribution >= 4 is 5.78 Å². The molecule has 2 aromatic carbocycles. The molecule has 0 spiro atoms. The van der Waals surface area contributed by atoms with Gasteiger partial charge >= 0.3 is 0 Å². The number of benzene rings is 2. The number of Topliss-reactive ketones (excluding diaryl/α,β-unsaturated/α-hetero) is 1. The molecule has 3 rings (SSSR count). The first-order valence-electron chi connectivity index (χ1n) is 7.62. The molecule has 1 N–H and O–H groups in total. The summed E-state index contributed by atoms with van der Waals surface area (Å²) in [5, 5.41) is 3.39. The third kappa shape index (κ3) is 3.40. The maximum Gasteiger partial charge on any atom is 0.167 e. The predicted octanol–water partition coefficient (Wildman–Crippen LogP) is 3.50. The predicted molar refractivity (Wildman–Crippen MR) is 85.9 cm³/mol. The lowest BCUT2D eigenvalue weighted by molar-refractivity contribution is 0.0993. The van der Waals surface area contributed by atoms with Gasteiger partial charge in [-0.25, -0.2) is 0 Å². The van der Waals surface area contributed by atoms with Crippen molar-refractivity contribution in [3.05, 3.63) is 70.8 Å². The number of carbonyl (C=O) groups is 1. The lowest BCUT2D eigenvalue weighted by Crippen LogP contribution is -2.08. The van der Waals surface area contributed by atoms with E-state index in [9.17, 15) is 4.79 Å². The van der Waals surface area contributed by atoms with Crippen molar-refractivity contribution in [3.63, 3.8) is 0 Å². The molecule has 1 aliphatic heterocycles. The highest BCUT2D eigenvalue weighted by molar-refractivity contribution is 5.97. The number of hydrogen-bond acceptors (Lipinski definition) is 2. The smallest absolute Gasteiger partial charge is 0.167 e. The van der Waals surface area contributed by atoms with Gasteiger partial charge in [0.25, 0.3) is 0 Å². The first-order valence-corrected chi connectivity index (χ1v) is 7.62. The summed E-state index contributed by atoms with van der Waals surface area (Å²) < 4.78 is 0. The molecule has 0 aliphatic carbocycles. The molecule has 1 unspecified atom stereocenters. The van der Waals surface area contributed by atoms with Crippen molar-refractivity contribution in [1.82, 2.24) is 5.32 Å². The van der Waals surface area contributed by atoms with Gasteiger partial charge in [-0.3, -0.25) is 4.79 Å². The van der Waals surface area contributed by atoms with Crippen LogP contribution in [-0.2, 0) is 6.42 Å². The first-order chi connectivity index (χ1) is 10.2. The SMILES string of the molecule is Cc1ccc(C(=O)Cc2ccc(C3CCNC3)cc2)cc1. The lowest BCUT2D eigenvalue weighted by atomic mass is 9.95. The average Bonchev–Trinajstić information content (AvgIpc) is 3.03. The van der Waals surface area contributed by atoms with Gasteiger partial charge in [-0.05, 0) is 36.9 Å². The number of carbonyl (C=O) groups excluding carboxylic acids is 1. The summed E-state index contributed by atoms with van der Waals surface area (Å²) in [4.78, 5) is 12.3. The van der Waals surface area contributed by atoms with Crippen LogP contribution in [-0.4, -0.2) is 18.9 Å². The minimum absolute atomic E-state index is 0.185. The van der Waals surface area contributed by atoms with Gasteiger partial charge in [-0.15, -0.1) is 0 Å². The maximum absolute atomic E-state index is 12.3. The van der Waals surface area contributed by atoms with E-state index in [0.717, 1.165) is 24.2 Å². The van der Waals surface area contributed by atoms with Crippen LogP contribution in [0.5, 0.6) is 0 Å². The average molecular weight is 279 g/mol. The van der Waals surface area contributed by atoms with Gasteiger partial charge in [-0.2, -0.15) is 0 Å². The molecule has 0 bridgehead atoms. The van der Waals surface area contributed by atoms with Crippen molar-refractivity contribution in [1.29, 1.82) is 0 Å². The summed E-state index contributed by atoms with van der Waals surface area (Å²) in [7, 11) is 0. The highest BCUT2D eigenvalue weighted by atomic mass is 16.1. The number of nitrogens with one attached hydrogen (secondary N) is 1. The van der Waals surface area contributed by atoms with Crippen LogP contribution in [0.1, 0.15) is 39.4 Å². The van der Waals surface area contributed by atoms with Gasteiger partial charge in [0.05, 0.1) is 0 Å². The Bertz CT molecular complexity index is 607. The van der Waals surface area contributed by atoms with Crippen molar-refractivity contribution in [2.75, 3.05) is 13.1 Å². The van der Waals surface area contributed by atoms with Crippen LogP contribution in [0, 0.1) is 6.92 Å². The van der Waals surface area contributed by atoms with Gasteiger partial charge in [0.15, 0.2) is 5.78 Å². The van der Waals surface area contributed by atoms with Gasteiger partial charge in [-0.1, -0.05) is 54.1 Å². The summed E-state index contributed by atoms with van der Waals surface area (Å²) in [5.74, 6) is 0.817. The molecule has 21 heavy (non-hydrogen) atoms. The molecule has 0 radical (unpaired) electrons. The molecule has 108 valence electrons. The van der Waals surface area contributed by atoms with Crippen molar-refractivity contribution in [2.24, 2.45) is 0 Å². The summed E-state index contributed by atoms with van der Waals surface area (Å²) in [5.41, 5.74) is 4.45. The Balaban J connectivity index is 1.67. The Kier molecular flexibility index (Phi) is 4.16. The molecule has 0 saturated carbocycles. The van der Waals surface area contributed by atoms with E-state index in [1.807, 2.05) is 31.2 Å². The minimum Gasteiger partial charge on any atom is -0.316 e. The summed E-state index contributed by atoms with van der Waals surface area (Å²) >= 11 is 0. The molecule has 2 aromatic rings. The number of aryl methyl sites for hydroxylation is 1. The topological polar surface area (TPSA) is 29.1 Å². The van der Waals surface area contributed by atoms with Crippen LogP contribution in [0.15, 0.2) is 48.5 Å². The summed E-state index contributed by atoms with van der Waals surface area (Å²) in [6.45, 7) is 4.21. The first kappa shape index (κ1) is 14.0. The van der Waals surface area contributed by atoms with Crippen LogP contribution in [0.25, 0.3) is 0 Å². The summed E-state index contributed by atoms with van der Waals surface area (Å²) in [6, 6.07) is 16.4. The molecule has 2 nitrogen and oxygen atoms in total. The van der Waals surface area contributed by atoms with Crippen molar-refractivity contribution < 1.29 is 4.79 Å². The molecule has 0 amide bonds. The van der Waals surface area contributed by atoms with Crippen molar-refractivity contribution in [2.45, 2.75) is 25.7 Å². The Labute approximate surface area is 126 Å². The van der Waals surface area contributed by atoms with E-state index >= 15 is 0 Å². The van der Waals surface area contributed by atoms with E-state index in [2.05, 4.69) is 29.6 Å². The van der Waals surface area contributed by atoms with Gasteiger partial charge < -0.3 is 5.32 Å². The highest BCUT2D eigenvalue weighted by Gasteiger charge is 2.16. The molecule has 0 aromatic heterocycles. The normalized spacial score (nSPS) is 17.9. The fourth-order valence-corrected chi connectivity index (χ4v) is 2.87. The fourth-order valence-electron chi connectivity index (χ4n) is 2.87. The number of hydrogen-bond donors (Lipinski definition) is 1. The molecule has 1 fully saturated rings. The zero-order chi connectivity index (χ0) is 14.7. The highest BCUT2D eigenvalue weighted by Crippen LogP contribution is 2.22. The van der Waals surface area contributed by atoms with E-state index in [1.165, 1.54) is 17.5 Å². The van der Waals surface area contributed by atoms with Gasteiger partial charge in [0.1, 0.15) is 0 Å². The Morgan fingerprint density at radius 2 is 1.81 bits per heavy atom. The molecular formula is C19H21NO. The van der Waals surface area contributed by atoms with Crippen LogP contribution < -0.4 is 5.32 Å². The second-order valence-electron chi connectivity index (χ2n) is 5.90. The third-order valence-corrected chi connectivity index (χ3v) is 4.25. The number of ketones is 1. The minimum atomic E-state index is 0.185. The fraction of sp³-hybridized carbons (Fsp3) is 0.316. The standard InChI is InChI=1S/C19H21NO/c1-14-2-6-17(7-3-14)19(21)12-15-4-8-16(9-5-15)18-10-11-20-13-18/h2-9,18,20H,10-13H2,1H3. The van der Waals surface area contributed by atoms with Gasteiger partial charge in [0, 0.05) is 18.5 Å². The lowest BCUT2D eigenvalue weighted by Gasteiger charge is -2.09. The van der Waals surface area contributed by atoms with E-state index in [-0.39, 0.29) is 5.78 Å². The monoisotopic (exact) mass is 279 g/mol.